The highest BCUT2D eigenvalue weighted by molar-refractivity contribution is 7.92. The van der Waals surface area contributed by atoms with Crippen LogP contribution in [0.5, 0.6) is 0 Å². The Morgan fingerprint density at radius 2 is 2.24 bits per heavy atom. The summed E-state index contributed by atoms with van der Waals surface area (Å²) in [5.74, 6) is 0.138. The molecule has 0 spiro atoms. The molecule has 1 aromatic heterocycles. The van der Waals surface area contributed by atoms with Gasteiger partial charge in [0.1, 0.15) is 5.51 Å². The zero-order valence-electron chi connectivity index (χ0n) is 9.42. The fourth-order valence-electron chi connectivity index (χ4n) is 1.41. The molecule has 1 aliphatic rings. The summed E-state index contributed by atoms with van der Waals surface area (Å²) in [4.78, 5) is 0. The molecule has 0 aromatic carbocycles. The van der Waals surface area contributed by atoms with Gasteiger partial charge in [0.25, 0.3) is 0 Å². The second kappa shape index (κ2) is 5.74. The van der Waals surface area contributed by atoms with Crippen molar-refractivity contribution in [2.45, 2.75) is 31.7 Å². The molecule has 2 rings (SSSR count). The Morgan fingerprint density at radius 1 is 1.41 bits per heavy atom. The number of hydrogen-bond donors (Lipinski definition) is 2. The molecule has 0 saturated heterocycles. The lowest BCUT2D eigenvalue weighted by Crippen LogP contribution is -2.20. The summed E-state index contributed by atoms with van der Waals surface area (Å²) in [6, 6.07) is 0.686. The average Bonchev–Trinajstić information content (AvgIpc) is 2.95. The molecule has 8 heteroatoms. The third-order valence-corrected chi connectivity index (χ3v) is 4.52. The van der Waals surface area contributed by atoms with Gasteiger partial charge < -0.3 is 5.32 Å². The van der Waals surface area contributed by atoms with E-state index in [4.69, 9.17) is 0 Å². The van der Waals surface area contributed by atoms with Crippen LogP contribution in [0.15, 0.2) is 5.51 Å². The summed E-state index contributed by atoms with van der Waals surface area (Å²) in [6.07, 6.45) is 4.06. The molecule has 1 saturated carbocycles. The van der Waals surface area contributed by atoms with Crippen molar-refractivity contribution < 1.29 is 8.42 Å². The minimum Gasteiger partial charge on any atom is -0.314 e. The molecule has 0 radical (unpaired) electrons. The smallest absolute Gasteiger partial charge is 0.234 e. The predicted molar refractivity (Wildman–Crippen MR) is 67.6 cm³/mol. The maximum atomic E-state index is 11.6. The quantitative estimate of drug-likeness (QED) is 0.687. The van der Waals surface area contributed by atoms with Crippen molar-refractivity contribution in [2.24, 2.45) is 0 Å². The topological polar surface area (TPSA) is 84.0 Å². The molecule has 0 amide bonds. The summed E-state index contributed by atoms with van der Waals surface area (Å²) in [5, 5.41) is 10.9. The van der Waals surface area contributed by atoms with Gasteiger partial charge >= 0.3 is 0 Å². The van der Waals surface area contributed by atoms with E-state index in [1.54, 1.807) is 0 Å². The molecule has 0 unspecified atom stereocenters. The molecule has 96 valence electrons. The van der Waals surface area contributed by atoms with Crippen LogP contribution in [-0.4, -0.2) is 37.0 Å². The highest BCUT2D eigenvalue weighted by Crippen LogP contribution is 2.18. The molecule has 1 heterocycles. The van der Waals surface area contributed by atoms with E-state index in [9.17, 15) is 8.42 Å². The first-order valence-corrected chi connectivity index (χ1v) is 8.19. The molecule has 0 bridgehead atoms. The monoisotopic (exact) mass is 276 g/mol. The Labute approximate surface area is 105 Å². The Morgan fingerprint density at radius 3 is 2.88 bits per heavy atom. The second-order valence-electron chi connectivity index (χ2n) is 4.10. The normalized spacial score (nSPS) is 16.0. The predicted octanol–water partition coefficient (Wildman–Crippen LogP) is 0.812. The van der Waals surface area contributed by atoms with Crippen LogP contribution in [-0.2, 0) is 10.0 Å². The Balaban J connectivity index is 1.62. The first kappa shape index (κ1) is 12.7. The van der Waals surface area contributed by atoms with Crippen LogP contribution in [0, 0.1) is 0 Å². The fraction of sp³-hybridized carbons (Fsp3) is 0.778. The maximum absolute atomic E-state index is 11.6. The Hall–Kier alpha value is -0.730. The van der Waals surface area contributed by atoms with Crippen LogP contribution < -0.4 is 10.0 Å². The molecule has 17 heavy (non-hydrogen) atoms. The van der Waals surface area contributed by atoms with Gasteiger partial charge in [-0.1, -0.05) is 11.3 Å². The lowest BCUT2D eigenvalue weighted by atomic mass is 10.3. The average molecular weight is 276 g/mol. The summed E-state index contributed by atoms with van der Waals surface area (Å²) in [6.45, 7) is 0.902. The number of hydrogen-bond acceptors (Lipinski definition) is 6. The minimum absolute atomic E-state index is 0.138. The Bertz CT molecular complexity index is 428. The van der Waals surface area contributed by atoms with Crippen molar-refractivity contribution >= 4 is 26.5 Å². The van der Waals surface area contributed by atoms with Gasteiger partial charge in [0.15, 0.2) is 0 Å². The lowest BCUT2D eigenvalue weighted by molar-refractivity contribution is 0.590. The number of aromatic nitrogens is 2. The summed E-state index contributed by atoms with van der Waals surface area (Å²) in [5.41, 5.74) is 1.50. The summed E-state index contributed by atoms with van der Waals surface area (Å²) in [7, 11) is -3.26. The third-order valence-electron chi connectivity index (χ3n) is 2.45. The zero-order valence-corrected chi connectivity index (χ0v) is 11.1. The molecule has 1 aromatic rings. The first-order chi connectivity index (χ1) is 8.16. The van der Waals surface area contributed by atoms with Gasteiger partial charge in [-0.15, -0.1) is 10.2 Å². The van der Waals surface area contributed by atoms with Crippen molar-refractivity contribution in [3.05, 3.63) is 5.51 Å². The SMILES string of the molecule is O=S(=O)(CCCCNC1CC1)Nc1nncs1. The van der Waals surface area contributed by atoms with E-state index in [1.165, 1.54) is 29.7 Å². The lowest BCUT2D eigenvalue weighted by Gasteiger charge is -2.05. The van der Waals surface area contributed by atoms with Crippen LogP contribution in [0.3, 0.4) is 0 Å². The van der Waals surface area contributed by atoms with Gasteiger partial charge in [-0.2, -0.15) is 0 Å². The Kier molecular flexibility index (Phi) is 4.30. The number of nitrogens with zero attached hydrogens (tertiary/aromatic N) is 2. The number of sulfonamides is 1. The standard InChI is InChI=1S/C9H16N4O2S2/c14-17(15,13-9-12-11-7-16-9)6-2-1-5-10-8-3-4-8/h7-8,10H,1-6H2,(H,12,13). The van der Waals surface area contributed by atoms with E-state index in [-0.39, 0.29) is 5.75 Å². The van der Waals surface area contributed by atoms with Crippen molar-refractivity contribution in [3.63, 3.8) is 0 Å². The van der Waals surface area contributed by atoms with Crippen LogP contribution >= 0.6 is 11.3 Å². The van der Waals surface area contributed by atoms with E-state index in [0.29, 0.717) is 17.6 Å². The van der Waals surface area contributed by atoms with Crippen LogP contribution in [0.1, 0.15) is 25.7 Å². The van der Waals surface area contributed by atoms with Crippen molar-refractivity contribution in [3.8, 4) is 0 Å². The van der Waals surface area contributed by atoms with Crippen LogP contribution in [0.2, 0.25) is 0 Å². The van der Waals surface area contributed by atoms with Gasteiger partial charge in [0.2, 0.25) is 15.2 Å². The van der Waals surface area contributed by atoms with Gasteiger partial charge in [0.05, 0.1) is 5.75 Å². The highest BCUT2D eigenvalue weighted by Gasteiger charge is 2.19. The molecule has 1 aliphatic carbocycles. The van der Waals surface area contributed by atoms with Crippen molar-refractivity contribution in [1.82, 2.24) is 15.5 Å². The number of unbranched alkanes of at least 4 members (excludes halogenated alkanes) is 1. The van der Waals surface area contributed by atoms with Crippen molar-refractivity contribution in [2.75, 3.05) is 17.0 Å². The van der Waals surface area contributed by atoms with Gasteiger partial charge in [-0.3, -0.25) is 4.72 Å². The highest BCUT2D eigenvalue weighted by atomic mass is 32.2. The third kappa shape index (κ3) is 4.97. The van der Waals surface area contributed by atoms with Gasteiger partial charge in [-0.25, -0.2) is 8.42 Å². The fourth-order valence-corrected chi connectivity index (χ4v) is 3.27. The van der Waals surface area contributed by atoms with E-state index in [2.05, 4.69) is 20.2 Å². The van der Waals surface area contributed by atoms with E-state index < -0.39 is 10.0 Å². The maximum Gasteiger partial charge on any atom is 0.234 e. The minimum atomic E-state index is -3.26. The first-order valence-electron chi connectivity index (χ1n) is 5.66. The molecular formula is C9H16N4O2S2. The number of rotatable bonds is 8. The number of anilines is 1. The summed E-state index contributed by atoms with van der Waals surface area (Å²) < 4.78 is 25.6. The van der Waals surface area contributed by atoms with Crippen LogP contribution in [0.25, 0.3) is 0 Å². The molecule has 0 aliphatic heterocycles. The molecule has 6 nitrogen and oxygen atoms in total. The number of nitrogens with one attached hydrogen (secondary N) is 2. The van der Waals surface area contributed by atoms with Crippen molar-refractivity contribution in [1.29, 1.82) is 0 Å². The van der Waals surface area contributed by atoms with Gasteiger partial charge in [-0.05, 0) is 32.2 Å². The van der Waals surface area contributed by atoms with Gasteiger partial charge in [0, 0.05) is 6.04 Å². The molecule has 0 atom stereocenters. The van der Waals surface area contributed by atoms with Crippen LogP contribution in [0.4, 0.5) is 5.13 Å². The van der Waals surface area contributed by atoms with E-state index >= 15 is 0 Å². The molecule has 1 fully saturated rings. The second-order valence-corrected chi connectivity index (χ2v) is 6.78. The molecular weight excluding hydrogens is 260 g/mol. The largest absolute Gasteiger partial charge is 0.314 e. The zero-order chi connectivity index (χ0) is 12.1. The van der Waals surface area contributed by atoms with E-state index in [0.717, 1.165) is 13.0 Å². The van der Waals surface area contributed by atoms with E-state index in [1.807, 2.05) is 0 Å². The molecule has 2 N–H and O–H groups in total. The summed E-state index contributed by atoms with van der Waals surface area (Å²) >= 11 is 1.18.